The predicted octanol–water partition coefficient (Wildman–Crippen LogP) is 5.63. The summed E-state index contributed by atoms with van der Waals surface area (Å²) < 4.78 is 37.6. The van der Waals surface area contributed by atoms with Crippen molar-refractivity contribution in [2.24, 2.45) is 0 Å². The molecule has 43 heavy (non-hydrogen) atoms. The molecule has 0 aliphatic carbocycles. The molecule has 2 aromatic rings. The lowest BCUT2D eigenvalue weighted by molar-refractivity contribution is -0.226. The third kappa shape index (κ3) is 5.38. The predicted molar refractivity (Wildman–Crippen MR) is 171 cm³/mol. The van der Waals surface area contributed by atoms with Crippen LogP contribution in [0.5, 0.6) is 0 Å². The Morgan fingerprint density at radius 3 is 1.98 bits per heavy atom. The van der Waals surface area contributed by atoms with Crippen LogP contribution in [-0.4, -0.2) is 57.3 Å². The molecule has 4 atom stereocenters. The summed E-state index contributed by atoms with van der Waals surface area (Å²) in [5.74, 6) is 0. The first-order valence-electron chi connectivity index (χ1n) is 16.0. The average molecular weight is 631 g/mol. The van der Waals surface area contributed by atoms with E-state index >= 15 is 0 Å². The Morgan fingerprint density at radius 1 is 0.884 bits per heavy atom. The topological polar surface area (TPSA) is 90.2 Å². The summed E-state index contributed by atoms with van der Waals surface area (Å²) in [6, 6.07) is 9.45. The third-order valence-corrected chi connectivity index (χ3v) is 20.1. The zero-order chi connectivity index (χ0) is 31.3. The van der Waals surface area contributed by atoms with Gasteiger partial charge >= 0.3 is 22.8 Å². The van der Waals surface area contributed by atoms with Gasteiger partial charge in [-0.1, -0.05) is 86.6 Å². The first kappa shape index (κ1) is 32.5. The van der Waals surface area contributed by atoms with Crippen molar-refractivity contribution in [3.8, 4) is 0 Å². The molecule has 0 N–H and O–H groups in total. The number of aryl methyl sites for hydroxylation is 1. The number of hydrogen-bond acceptors (Lipinski definition) is 7. The van der Waals surface area contributed by atoms with Gasteiger partial charge in [-0.15, -0.1) is 0 Å². The molecule has 3 saturated heterocycles. The van der Waals surface area contributed by atoms with Crippen molar-refractivity contribution >= 4 is 17.1 Å². The number of nitrogens with zero attached hydrogens (tertiary/aromatic N) is 2. The highest BCUT2D eigenvalue weighted by atomic mass is 28.5. The van der Waals surface area contributed by atoms with Crippen molar-refractivity contribution in [2.75, 3.05) is 13.2 Å². The van der Waals surface area contributed by atoms with Crippen molar-refractivity contribution in [1.29, 1.82) is 0 Å². The molecule has 1 aromatic heterocycles. The van der Waals surface area contributed by atoms with Gasteiger partial charge in [0.1, 0.15) is 17.8 Å². The summed E-state index contributed by atoms with van der Waals surface area (Å²) in [5.41, 5.74) is 1.15. The van der Waals surface area contributed by atoms with Gasteiger partial charge in [-0.2, -0.15) is 0 Å². The Balaban J connectivity index is 1.57. The standard InChI is InChI=1S/C32H50N2O7Si2/c1-10-25-11-13-26(14-12-25)19-34-28(35)15-17-33(31(34)36)30-32(16-18-37-32)29-27(39-30)20-38-42(21(2)3,22(4)5)41-43(40-29,23(6)7)24(8)9/h11-15,17,21-24,27,29-30H,10,16,18-20H2,1-9H3/t27-,29-,30-,32-/m1/s1. The molecule has 0 unspecified atom stereocenters. The van der Waals surface area contributed by atoms with E-state index in [2.05, 4.69) is 62.3 Å². The Morgan fingerprint density at radius 2 is 1.47 bits per heavy atom. The number of ether oxygens (including phenoxy) is 2. The largest absolute Gasteiger partial charge is 0.414 e. The second-order valence-electron chi connectivity index (χ2n) is 13.7. The summed E-state index contributed by atoms with van der Waals surface area (Å²) in [4.78, 5) is 27.0. The van der Waals surface area contributed by atoms with Gasteiger partial charge in [0.2, 0.25) is 0 Å². The zero-order valence-corrected chi connectivity index (χ0v) is 29.3. The van der Waals surface area contributed by atoms with Crippen molar-refractivity contribution in [1.82, 2.24) is 9.13 Å². The fourth-order valence-corrected chi connectivity index (χ4v) is 18.5. The summed E-state index contributed by atoms with van der Waals surface area (Å²) in [6.07, 6.45) is 1.46. The minimum absolute atomic E-state index is 0.152. The second-order valence-corrected chi connectivity index (χ2v) is 22.5. The Kier molecular flexibility index (Phi) is 9.19. The van der Waals surface area contributed by atoms with Crippen LogP contribution >= 0.6 is 0 Å². The highest BCUT2D eigenvalue weighted by Gasteiger charge is 2.68. The molecule has 3 fully saturated rings. The lowest BCUT2D eigenvalue weighted by Crippen LogP contribution is -2.68. The fourth-order valence-electron chi connectivity index (χ4n) is 7.21. The molecular weight excluding hydrogens is 581 g/mol. The molecule has 0 bridgehead atoms. The maximum Gasteiger partial charge on any atom is 0.335 e. The molecule has 5 rings (SSSR count). The molecule has 1 spiro atoms. The molecule has 4 heterocycles. The van der Waals surface area contributed by atoms with Crippen molar-refractivity contribution in [2.45, 2.75) is 128 Å². The van der Waals surface area contributed by atoms with Crippen LogP contribution in [0.25, 0.3) is 0 Å². The van der Waals surface area contributed by atoms with Crippen LogP contribution in [0.15, 0.2) is 46.1 Å². The van der Waals surface area contributed by atoms with Crippen molar-refractivity contribution in [3.63, 3.8) is 0 Å². The molecule has 9 nitrogen and oxygen atoms in total. The van der Waals surface area contributed by atoms with Crippen molar-refractivity contribution in [3.05, 3.63) is 68.5 Å². The van der Waals surface area contributed by atoms with Gasteiger partial charge < -0.3 is 22.4 Å². The third-order valence-electron chi connectivity index (χ3n) is 9.85. The molecule has 1 aromatic carbocycles. The summed E-state index contributed by atoms with van der Waals surface area (Å²) >= 11 is 0. The van der Waals surface area contributed by atoms with Crippen LogP contribution in [0.2, 0.25) is 22.2 Å². The molecule has 238 valence electrons. The minimum Gasteiger partial charge on any atom is -0.414 e. The Labute approximate surface area is 258 Å². The van der Waals surface area contributed by atoms with Crippen LogP contribution in [0.4, 0.5) is 0 Å². The van der Waals surface area contributed by atoms with Gasteiger partial charge in [-0.05, 0) is 39.7 Å². The van der Waals surface area contributed by atoms with Gasteiger partial charge in [0, 0.05) is 18.7 Å². The van der Waals surface area contributed by atoms with E-state index in [1.54, 1.807) is 6.20 Å². The Hall–Kier alpha value is -1.87. The zero-order valence-electron chi connectivity index (χ0n) is 27.3. The molecule has 3 aliphatic heterocycles. The maximum atomic E-state index is 14.0. The van der Waals surface area contributed by atoms with E-state index in [-0.39, 0.29) is 34.3 Å². The van der Waals surface area contributed by atoms with E-state index in [4.69, 9.17) is 22.4 Å². The van der Waals surface area contributed by atoms with Gasteiger partial charge in [0.15, 0.2) is 6.23 Å². The van der Waals surface area contributed by atoms with Crippen LogP contribution < -0.4 is 11.2 Å². The smallest absolute Gasteiger partial charge is 0.335 e. The Bertz CT molecular complexity index is 1380. The van der Waals surface area contributed by atoms with Gasteiger partial charge in [0.05, 0.1) is 19.8 Å². The van der Waals surface area contributed by atoms with Gasteiger partial charge in [-0.25, -0.2) is 4.79 Å². The lowest BCUT2D eigenvalue weighted by atomic mass is 9.86. The van der Waals surface area contributed by atoms with Crippen LogP contribution in [0, 0.1) is 0 Å². The number of rotatable bonds is 8. The van der Waals surface area contributed by atoms with Crippen molar-refractivity contribution < 1.29 is 22.4 Å². The quantitative estimate of drug-likeness (QED) is 0.349. The summed E-state index contributed by atoms with van der Waals surface area (Å²) in [6.45, 7) is 20.7. The van der Waals surface area contributed by atoms with Crippen LogP contribution in [-0.2, 0) is 35.4 Å². The van der Waals surface area contributed by atoms with E-state index < -0.39 is 46.8 Å². The van der Waals surface area contributed by atoms with E-state index in [0.29, 0.717) is 19.6 Å². The number of hydrogen-bond donors (Lipinski definition) is 0. The molecule has 3 aliphatic rings. The average Bonchev–Trinajstić information content (AvgIpc) is 3.24. The van der Waals surface area contributed by atoms with Gasteiger partial charge in [0.25, 0.3) is 5.56 Å². The van der Waals surface area contributed by atoms with Crippen LogP contribution in [0.3, 0.4) is 0 Å². The van der Waals surface area contributed by atoms with Crippen LogP contribution in [0.1, 0.15) is 86.1 Å². The second kappa shape index (κ2) is 12.1. The summed E-state index contributed by atoms with van der Waals surface area (Å²) in [5, 5.41) is 0. The molecule has 11 heteroatoms. The normalized spacial score (nSPS) is 28.3. The monoisotopic (exact) mass is 630 g/mol. The number of aromatic nitrogens is 2. The summed E-state index contributed by atoms with van der Waals surface area (Å²) in [7, 11) is -5.68. The minimum atomic E-state index is -2.93. The maximum absolute atomic E-state index is 14.0. The SMILES string of the molecule is CCc1ccc(Cn2c(=O)ccn([C@@H]3O[C@@H]4CO[Si](C(C)C)(C(C)C)O[Si](C(C)C)(C(C)C)O[C@H]4[C@]34CCO4)c2=O)cc1. The van der Waals surface area contributed by atoms with E-state index in [0.717, 1.165) is 12.0 Å². The first-order chi connectivity index (χ1) is 20.3. The van der Waals surface area contributed by atoms with Gasteiger partial charge in [-0.3, -0.25) is 13.9 Å². The number of benzene rings is 1. The van der Waals surface area contributed by atoms with E-state index in [1.807, 2.05) is 24.3 Å². The highest BCUT2D eigenvalue weighted by molar-refractivity contribution is 6.84. The fraction of sp³-hybridized carbons (Fsp3) is 0.688. The molecular formula is C32H50N2O7Si2. The molecule has 0 saturated carbocycles. The van der Waals surface area contributed by atoms with E-state index in [9.17, 15) is 9.59 Å². The molecule has 0 radical (unpaired) electrons. The molecule has 0 amide bonds. The van der Waals surface area contributed by atoms with E-state index in [1.165, 1.54) is 20.8 Å². The highest BCUT2D eigenvalue weighted by Crippen LogP contribution is 2.54. The number of fused-ring (bicyclic) bond motifs is 2. The first-order valence-corrected chi connectivity index (χ1v) is 20.0. The lowest BCUT2D eigenvalue weighted by Gasteiger charge is -2.54.